The summed E-state index contributed by atoms with van der Waals surface area (Å²) in [6.07, 6.45) is -0.721. The molecule has 3 atom stereocenters. The Morgan fingerprint density at radius 1 is 1.18 bits per heavy atom. The Kier molecular flexibility index (Phi) is 8.35. The molecule has 0 aromatic heterocycles. The van der Waals surface area contributed by atoms with Crippen LogP contribution in [0, 0.1) is 11.6 Å². The van der Waals surface area contributed by atoms with Crippen molar-refractivity contribution in [1.29, 1.82) is 0 Å². The molecule has 0 spiro atoms. The van der Waals surface area contributed by atoms with Gasteiger partial charge >= 0.3 is 0 Å². The number of rotatable bonds is 9. The highest BCUT2D eigenvalue weighted by Crippen LogP contribution is 2.27. The highest BCUT2D eigenvalue weighted by atomic mass is 32.2. The van der Waals surface area contributed by atoms with Gasteiger partial charge in [-0.3, -0.25) is 4.79 Å². The Morgan fingerprint density at radius 2 is 1.88 bits per heavy atom. The Balaban J connectivity index is 1.56. The summed E-state index contributed by atoms with van der Waals surface area (Å²) in [6, 6.07) is 8.47. The zero-order chi connectivity index (χ0) is 24.0. The summed E-state index contributed by atoms with van der Waals surface area (Å²) in [5.41, 5.74) is 0.282. The number of aliphatic hydroxyl groups is 1. The first kappa shape index (κ1) is 25.0. The van der Waals surface area contributed by atoms with Gasteiger partial charge in [0.2, 0.25) is 15.9 Å². The molecule has 0 saturated carbocycles. The molecule has 1 aliphatic heterocycles. The van der Waals surface area contributed by atoms with E-state index in [0.29, 0.717) is 12.8 Å². The van der Waals surface area contributed by atoms with Crippen molar-refractivity contribution in [2.45, 2.75) is 49.0 Å². The largest absolute Gasteiger partial charge is 0.495 e. The minimum Gasteiger partial charge on any atom is -0.495 e. The average Bonchev–Trinajstić information content (AvgIpc) is 2.78. The molecule has 33 heavy (non-hydrogen) atoms. The third-order valence-electron chi connectivity index (χ3n) is 5.29. The lowest BCUT2D eigenvalue weighted by Crippen LogP contribution is -2.51. The zero-order valence-corrected chi connectivity index (χ0v) is 18.8. The quantitative estimate of drug-likeness (QED) is 0.501. The molecule has 1 fully saturated rings. The third-order valence-corrected chi connectivity index (χ3v) is 6.82. The number of methoxy groups -OCH3 is 1. The van der Waals surface area contributed by atoms with Gasteiger partial charge in [0.25, 0.3) is 0 Å². The van der Waals surface area contributed by atoms with Crippen molar-refractivity contribution in [2.75, 3.05) is 13.7 Å². The van der Waals surface area contributed by atoms with E-state index < -0.39 is 52.4 Å². The molecule has 11 heteroatoms. The van der Waals surface area contributed by atoms with Crippen LogP contribution in [0.15, 0.2) is 47.4 Å². The van der Waals surface area contributed by atoms with E-state index in [9.17, 15) is 27.1 Å². The Labute approximate surface area is 191 Å². The molecule has 0 bridgehead atoms. The van der Waals surface area contributed by atoms with Gasteiger partial charge in [-0.1, -0.05) is 12.1 Å². The van der Waals surface area contributed by atoms with Crippen LogP contribution < -0.4 is 14.8 Å². The first-order chi connectivity index (χ1) is 15.7. The predicted molar refractivity (Wildman–Crippen MR) is 115 cm³/mol. The summed E-state index contributed by atoms with van der Waals surface area (Å²) in [5, 5.41) is 12.3. The van der Waals surface area contributed by atoms with Crippen molar-refractivity contribution in [3.63, 3.8) is 0 Å². The summed E-state index contributed by atoms with van der Waals surface area (Å²) in [4.78, 5) is 12.2. The van der Waals surface area contributed by atoms with E-state index in [-0.39, 0.29) is 29.2 Å². The van der Waals surface area contributed by atoms with Crippen molar-refractivity contribution in [3.05, 3.63) is 59.7 Å². The fourth-order valence-electron chi connectivity index (χ4n) is 3.71. The fourth-order valence-corrected chi connectivity index (χ4v) is 5.18. The second-order valence-electron chi connectivity index (χ2n) is 7.69. The third kappa shape index (κ3) is 6.70. The van der Waals surface area contributed by atoms with Gasteiger partial charge in [0, 0.05) is 12.6 Å². The fraction of sp³-hybridized carbons (Fsp3) is 0.409. The van der Waals surface area contributed by atoms with E-state index in [0.717, 1.165) is 18.2 Å². The number of ether oxygens (including phenoxy) is 2. The van der Waals surface area contributed by atoms with Crippen LogP contribution in [0.1, 0.15) is 24.8 Å². The molecule has 0 unspecified atom stereocenters. The highest BCUT2D eigenvalue weighted by molar-refractivity contribution is 7.89. The maximum Gasteiger partial charge on any atom is 0.244 e. The molecule has 2 aromatic carbocycles. The van der Waals surface area contributed by atoms with E-state index in [1.807, 2.05) is 0 Å². The molecule has 1 heterocycles. The van der Waals surface area contributed by atoms with Gasteiger partial charge in [-0.15, -0.1) is 0 Å². The van der Waals surface area contributed by atoms with Gasteiger partial charge in [0.15, 0.2) is 0 Å². The number of amides is 1. The number of hydrogen-bond acceptors (Lipinski definition) is 6. The minimum atomic E-state index is -3.94. The van der Waals surface area contributed by atoms with E-state index >= 15 is 0 Å². The van der Waals surface area contributed by atoms with Gasteiger partial charge in [-0.2, -0.15) is 0 Å². The molecule has 3 N–H and O–H groups in total. The van der Waals surface area contributed by atoms with E-state index in [2.05, 4.69) is 10.0 Å². The maximum absolute atomic E-state index is 13.3. The molecule has 1 amide bonds. The molecule has 1 saturated heterocycles. The molecule has 1 aliphatic rings. The number of benzene rings is 2. The van der Waals surface area contributed by atoms with Crippen molar-refractivity contribution >= 4 is 15.9 Å². The van der Waals surface area contributed by atoms with Gasteiger partial charge in [0.1, 0.15) is 22.3 Å². The number of carbonyl (C=O) groups excluding carboxylic acids is 1. The number of sulfonamides is 1. The van der Waals surface area contributed by atoms with Crippen LogP contribution >= 0.6 is 0 Å². The first-order valence-electron chi connectivity index (χ1n) is 10.3. The minimum absolute atomic E-state index is 0.0283. The number of para-hydroxylation sites is 1. The zero-order valence-electron chi connectivity index (χ0n) is 18.0. The second-order valence-corrected chi connectivity index (χ2v) is 9.38. The maximum atomic E-state index is 13.3. The van der Waals surface area contributed by atoms with Crippen LogP contribution in [0.4, 0.5) is 8.78 Å². The van der Waals surface area contributed by atoms with Crippen LogP contribution in [0.25, 0.3) is 0 Å². The van der Waals surface area contributed by atoms with Crippen molar-refractivity contribution < 1.29 is 36.6 Å². The topological polar surface area (TPSA) is 114 Å². The summed E-state index contributed by atoms with van der Waals surface area (Å²) in [7, 11) is -2.57. The van der Waals surface area contributed by atoms with E-state index in [1.54, 1.807) is 12.1 Å². The van der Waals surface area contributed by atoms with Crippen LogP contribution in [-0.2, 0) is 26.1 Å². The average molecular weight is 485 g/mol. The normalized spacial score (nSPS) is 20.9. The van der Waals surface area contributed by atoms with Crippen LogP contribution in [0.3, 0.4) is 0 Å². The molecule has 3 rings (SSSR count). The molecule has 0 aliphatic carbocycles. The van der Waals surface area contributed by atoms with Crippen LogP contribution in [0.2, 0.25) is 0 Å². The Morgan fingerprint density at radius 3 is 2.55 bits per heavy atom. The number of hydrogen-bond donors (Lipinski definition) is 3. The monoisotopic (exact) mass is 484 g/mol. The SMILES string of the molecule is COc1ccccc1S(=O)(=O)N[C@H]1CC[C@@H](CC(=O)NCc2cc(F)cc(F)c2)O[C@@H]1CO. The van der Waals surface area contributed by atoms with E-state index in [1.165, 1.54) is 19.2 Å². The predicted octanol–water partition coefficient (Wildman–Crippen LogP) is 1.87. The van der Waals surface area contributed by atoms with E-state index in [4.69, 9.17) is 9.47 Å². The summed E-state index contributed by atoms with van der Waals surface area (Å²) >= 11 is 0. The lowest BCUT2D eigenvalue weighted by molar-refractivity contribution is -0.130. The lowest BCUT2D eigenvalue weighted by atomic mass is 9.98. The first-order valence-corrected chi connectivity index (χ1v) is 11.8. The Hall–Kier alpha value is -2.60. The Bertz CT molecular complexity index is 1060. The van der Waals surface area contributed by atoms with Gasteiger partial charge in [0.05, 0.1) is 38.4 Å². The molecule has 2 aromatic rings. The van der Waals surface area contributed by atoms with Crippen LogP contribution in [-0.4, -0.2) is 51.4 Å². The van der Waals surface area contributed by atoms with Gasteiger partial charge in [-0.05, 0) is 42.7 Å². The van der Waals surface area contributed by atoms with Gasteiger partial charge < -0.3 is 19.9 Å². The highest BCUT2D eigenvalue weighted by Gasteiger charge is 2.35. The number of halogens is 2. The summed E-state index contributed by atoms with van der Waals surface area (Å²) < 4.78 is 65.6. The van der Waals surface area contributed by atoms with Crippen molar-refractivity contribution in [2.24, 2.45) is 0 Å². The van der Waals surface area contributed by atoms with Crippen molar-refractivity contribution in [3.8, 4) is 5.75 Å². The number of nitrogens with one attached hydrogen (secondary N) is 2. The van der Waals surface area contributed by atoms with Crippen LogP contribution in [0.5, 0.6) is 5.75 Å². The molecule has 180 valence electrons. The van der Waals surface area contributed by atoms with Gasteiger partial charge in [-0.25, -0.2) is 21.9 Å². The molecule has 8 nitrogen and oxygen atoms in total. The smallest absolute Gasteiger partial charge is 0.244 e. The molecule has 0 radical (unpaired) electrons. The lowest BCUT2D eigenvalue weighted by Gasteiger charge is -2.35. The summed E-state index contributed by atoms with van der Waals surface area (Å²) in [5.74, 6) is -1.67. The number of aliphatic hydroxyl groups excluding tert-OH is 1. The molecular weight excluding hydrogens is 458 g/mol. The standard InChI is InChI=1S/C22H26F2N2O6S/c1-31-19-4-2-3-5-21(19)33(29,30)26-18-7-6-17(32-20(18)13-27)11-22(28)25-12-14-8-15(23)10-16(24)9-14/h2-5,8-10,17-18,20,26-27H,6-7,11-13H2,1H3,(H,25,28)/t17-,18-,20+/m0/s1. The van der Waals surface area contributed by atoms with Crippen molar-refractivity contribution in [1.82, 2.24) is 10.0 Å². The summed E-state index contributed by atoms with van der Waals surface area (Å²) in [6.45, 7) is -0.495. The molecular formula is C22H26F2N2O6S. The second kappa shape index (κ2) is 11.0. The number of carbonyl (C=O) groups is 1.